The lowest BCUT2D eigenvalue weighted by Crippen LogP contribution is -2.15. The topological polar surface area (TPSA) is 85.6 Å². The van der Waals surface area contributed by atoms with Crippen LogP contribution in [0.1, 0.15) is 6.92 Å². The summed E-state index contributed by atoms with van der Waals surface area (Å²) in [4.78, 5) is 13.4. The van der Waals surface area contributed by atoms with Crippen LogP contribution in [0.25, 0.3) is 21.7 Å². The summed E-state index contributed by atoms with van der Waals surface area (Å²) in [5.74, 6) is 0.971. The van der Waals surface area contributed by atoms with E-state index in [-0.39, 0.29) is 11.7 Å². The molecule has 0 bridgehead atoms. The Bertz CT molecular complexity index is 1040. The quantitative estimate of drug-likeness (QED) is 0.494. The van der Waals surface area contributed by atoms with Crippen LogP contribution in [0.2, 0.25) is 0 Å². The first-order chi connectivity index (χ1) is 12.8. The average Bonchev–Trinajstić information content (AvgIpc) is 3.38. The highest BCUT2D eigenvalue weighted by molar-refractivity contribution is 7.99. The largest absolute Gasteiger partial charge is 0.323 e. The number of aromatic nitrogens is 5. The number of benzene rings is 1. The Morgan fingerprint density at radius 1 is 1.23 bits per heavy atom. The number of hydrogen-bond acceptors (Lipinski definition) is 8. The molecule has 1 N–H and O–H groups in total. The molecule has 0 saturated carbocycles. The minimum Gasteiger partial charge on any atom is -0.323 e. The third-order valence-corrected chi connectivity index (χ3v) is 6.04. The zero-order valence-corrected chi connectivity index (χ0v) is 16.2. The van der Waals surface area contributed by atoms with Crippen LogP contribution in [0.5, 0.6) is 0 Å². The van der Waals surface area contributed by atoms with Gasteiger partial charge < -0.3 is 9.88 Å². The van der Waals surface area contributed by atoms with E-state index >= 15 is 0 Å². The Labute approximate surface area is 161 Å². The van der Waals surface area contributed by atoms with Crippen LogP contribution >= 0.6 is 34.8 Å². The van der Waals surface area contributed by atoms with Gasteiger partial charge in [0.25, 0.3) is 0 Å². The van der Waals surface area contributed by atoms with Gasteiger partial charge in [0, 0.05) is 6.54 Å². The maximum absolute atomic E-state index is 12.4. The monoisotopic (exact) mass is 402 g/mol. The lowest BCUT2D eigenvalue weighted by atomic mass is 10.2. The van der Waals surface area contributed by atoms with Gasteiger partial charge in [-0.05, 0) is 30.5 Å². The summed E-state index contributed by atoms with van der Waals surface area (Å²) in [5.41, 5.74) is 2.18. The van der Waals surface area contributed by atoms with Crippen molar-refractivity contribution < 1.29 is 4.79 Å². The number of nitrogens with one attached hydrogen (secondary N) is 1. The Morgan fingerprint density at radius 2 is 2.15 bits per heavy atom. The number of thioether (sulfide) groups is 1. The molecule has 0 aliphatic rings. The molecule has 0 spiro atoms. The molecule has 0 radical (unpaired) electrons. The summed E-state index contributed by atoms with van der Waals surface area (Å²) in [6.45, 7) is 2.79. The van der Waals surface area contributed by atoms with Crippen LogP contribution in [-0.4, -0.2) is 35.2 Å². The normalized spacial score (nSPS) is 11.1. The van der Waals surface area contributed by atoms with Crippen LogP contribution in [0.3, 0.4) is 0 Å². The first-order valence-electron chi connectivity index (χ1n) is 7.87. The molecule has 0 aliphatic heterocycles. The number of carbonyl (C=O) groups is 1. The number of anilines is 1. The van der Waals surface area contributed by atoms with E-state index in [0.717, 1.165) is 39.6 Å². The molecule has 4 rings (SSSR count). The van der Waals surface area contributed by atoms with Crippen molar-refractivity contribution in [3.63, 3.8) is 0 Å². The molecular formula is C16H14N6OS3. The SMILES string of the molecule is CCn1c(SCC(=O)Nc2cccc3nsnc23)nnc1-c1cccs1. The molecule has 0 aliphatic carbocycles. The molecule has 1 amide bonds. The third-order valence-electron chi connectivity index (χ3n) is 3.67. The fourth-order valence-corrected chi connectivity index (χ4v) is 4.56. The van der Waals surface area contributed by atoms with Crippen molar-refractivity contribution in [2.75, 3.05) is 11.1 Å². The average molecular weight is 403 g/mol. The fraction of sp³-hybridized carbons (Fsp3) is 0.188. The van der Waals surface area contributed by atoms with Crippen molar-refractivity contribution in [2.45, 2.75) is 18.6 Å². The molecule has 0 fully saturated rings. The van der Waals surface area contributed by atoms with Gasteiger partial charge in [-0.15, -0.1) is 21.5 Å². The number of carbonyl (C=O) groups excluding carboxylic acids is 1. The first kappa shape index (κ1) is 17.1. The summed E-state index contributed by atoms with van der Waals surface area (Å²) in [6, 6.07) is 9.57. The maximum atomic E-state index is 12.4. The van der Waals surface area contributed by atoms with Gasteiger partial charge in [0.1, 0.15) is 11.0 Å². The number of hydrogen-bond donors (Lipinski definition) is 1. The van der Waals surface area contributed by atoms with Crippen LogP contribution in [0.4, 0.5) is 5.69 Å². The number of rotatable bonds is 6. The molecule has 26 heavy (non-hydrogen) atoms. The second-order valence-corrected chi connectivity index (χ2v) is 7.72. The smallest absolute Gasteiger partial charge is 0.234 e. The Balaban J connectivity index is 1.46. The molecule has 3 aromatic heterocycles. The predicted octanol–water partition coefficient (Wildman–Crippen LogP) is 3.76. The van der Waals surface area contributed by atoms with Crippen molar-refractivity contribution in [1.29, 1.82) is 0 Å². The van der Waals surface area contributed by atoms with Crippen molar-refractivity contribution in [3.05, 3.63) is 35.7 Å². The first-order valence-corrected chi connectivity index (χ1v) is 10.5. The number of fused-ring (bicyclic) bond motifs is 1. The summed E-state index contributed by atoms with van der Waals surface area (Å²) in [7, 11) is 0. The van der Waals surface area contributed by atoms with Crippen molar-refractivity contribution in [1.82, 2.24) is 23.5 Å². The van der Waals surface area contributed by atoms with E-state index in [1.165, 1.54) is 11.8 Å². The Kier molecular flexibility index (Phi) is 4.96. The standard InChI is InChI=1S/C16H14N6OS3/c1-2-22-15(12-7-4-8-24-12)18-19-16(22)25-9-13(23)17-10-5-3-6-11-14(10)21-26-20-11/h3-8H,2,9H2,1H3,(H,17,23). The molecule has 0 unspecified atom stereocenters. The molecule has 3 heterocycles. The van der Waals surface area contributed by atoms with Crippen LogP contribution < -0.4 is 5.32 Å². The molecule has 0 atom stereocenters. The molecule has 0 saturated heterocycles. The van der Waals surface area contributed by atoms with Gasteiger partial charge in [-0.3, -0.25) is 4.79 Å². The lowest BCUT2D eigenvalue weighted by Gasteiger charge is -2.07. The highest BCUT2D eigenvalue weighted by Gasteiger charge is 2.16. The van der Waals surface area contributed by atoms with Crippen LogP contribution in [0, 0.1) is 0 Å². The van der Waals surface area contributed by atoms with E-state index in [0.29, 0.717) is 11.2 Å². The van der Waals surface area contributed by atoms with Gasteiger partial charge in [0.15, 0.2) is 11.0 Å². The maximum Gasteiger partial charge on any atom is 0.234 e. The van der Waals surface area contributed by atoms with E-state index in [2.05, 4.69) is 24.3 Å². The van der Waals surface area contributed by atoms with Crippen molar-refractivity contribution in [2.24, 2.45) is 0 Å². The Morgan fingerprint density at radius 3 is 2.96 bits per heavy atom. The summed E-state index contributed by atoms with van der Waals surface area (Å²) in [5, 5.41) is 14.2. The molecule has 4 aromatic rings. The molecule has 1 aromatic carbocycles. The van der Waals surface area contributed by atoms with E-state index < -0.39 is 0 Å². The summed E-state index contributed by atoms with van der Waals surface area (Å²) >= 11 is 4.13. The van der Waals surface area contributed by atoms with E-state index in [9.17, 15) is 4.79 Å². The molecular weight excluding hydrogens is 388 g/mol. The van der Waals surface area contributed by atoms with Gasteiger partial charge in [-0.1, -0.05) is 23.9 Å². The zero-order valence-electron chi connectivity index (χ0n) is 13.7. The minimum atomic E-state index is -0.112. The van der Waals surface area contributed by atoms with E-state index in [4.69, 9.17) is 0 Å². The van der Waals surface area contributed by atoms with Crippen molar-refractivity contribution in [3.8, 4) is 10.7 Å². The van der Waals surface area contributed by atoms with E-state index in [1.807, 2.05) is 47.2 Å². The van der Waals surface area contributed by atoms with Crippen LogP contribution in [0.15, 0.2) is 40.9 Å². The van der Waals surface area contributed by atoms with Gasteiger partial charge in [-0.2, -0.15) is 8.75 Å². The second kappa shape index (κ2) is 7.52. The number of amides is 1. The zero-order chi connectivity index (χ0) is 17.9. The number of nitrogens with zero attached hydrogens (tertiary/aromatic N) is 5. The van der Waals surface area contributed by atoms with Gasteiger partial charge in [0.2, 0.25) is 5.91 Å². The Hall–Kier alpha value is -2.30. The van der Waals surface area contributed by atoms with Crippen molar-refractivity contribution >= 4 is 57.5 Å². The minimum absolute atomic E-state index is 0.112. The third kappa shape index (κ3) is 3.35. The van der Waals surface area contributed by atoms with E-state index in [1.54, 1.807) is 11.3 Å². The summed E-state index contributed by atoms with van der Waals surface area (Å²) in [6.07, 6.45) is 0. The highest BCUT2D eigenvalue weighted by Crippen LogP contribution is 2.27. The second-order valence-electron chi connectivity index (χ2n) is 5.30. The fourth-order valence-electron chi connectivity index (χ4n) is 2.49. The predicted molar refractivity (Wildman–Crippen MR) is 106 cm³/mol. The van der Waals surface area contributed by atoms with Crippen LogP contribution in [-0.2, 0) is 11.3 Å². The molecule has 10 heteroatoms. The molecule has 7 nitrogen and oxygen atoms in total. The number of thiophene rings is 1. The van der Waals surface area contributed by atoms with Gasteiger partial charge in [0.05, 0.1) is 28.0 Å². The van der Waals surface area contributed by atoms with Gasteiger partial charge >= 0.3 is 0 Å². The lowest BCUT2D eigenvalue weighted by molar-refractivity contribution is -0.113. The van der Waals surface area contributed by atoms with Gasteiger partial charge in [-0.25, -0.2) is 0 Å². The molecule has 132 valence electrons. The summed E-state index contributed by atoms with van der Waals surface area (Å²) < 4.78 is 10.4. The highest BCUT2D eigenvalue weighted by atomic mass is 32.2.